The quantitative estimate of drug-likeness (QED) is 0.609. The first kappa shape index (κ1) is 9.25. The van der Waals surface area contributed by atoms with E-state index in [-0.39, 0.29) is 0 Å². The first-order chi connectivity index (χ1) is 4.99. The van der Waals surface area contributed by atoms with Gasteiger partial charge in [-0.05, 0) is 0 Å². The number of halogens is 2. The highest BCUT2D eigenvalue weighted by Gasteiger charge is 2.23. The van der Waals surface area contributed by atoms with Gasteiger partial charge in [-0.1, -0.05) is 0 Å². The largest absolute Gasteiger partial charge is 0.538 e. The van der Waals surface area contributed by atoms with Gasteiger partial charge < -0.3 is 0 Å². The fourth-order valence-electron chi connectivity index (χ4n) is 0.576. The molecule has 1 unspecified atom stereocenters. The lowest BCUT2D eigenvalue weighted by Gasteiger charge is -2.05. The summed E-state index contributed by atoms with van der Waals surface area (Å²) in [6.07, 6.45) is 0. The van der Waals surface area contributed by atoms with E-state index in [1.165, 1.54) is 4.31 Å². The van der Waals surface area contributed by atoms with Gasteiger partial charge in [0.05, 0.1) is 6.61 Å². The fraction of sp³-hybridized carbons (Fsp3) is 1.00. The van der Waals surface area contributed by atoms with Gasteiger partial charge in [0.1, 0.15) is 11.2 Å². The first-order valence-corrected chi connectivity index (χ1v) is 5.31. The molecular weight excluding hydrogens is 197 g/mol. The average Bonchev–Trinajstić information content (AvgIpc) is 2.12. The Morgan fingerprint density at radius 3 is 2.73 bits per heavy atom. The Labute approximate surface area is 65.6 Å². The fourth-order valence-corrected chi connectivity index (χ4v) is 2.55. The van der Waals surface area contributed by atoms with Crippen molar-refractivity contribution in [2.24, 2.45) is 4.13 Å². The molecule has 0 aromatic rings. The van der Waals surface area contributed by atoms with Crippen LogP contribution in [0.15, 0.2) is 4.13 Å². The van der Waals surface area contributed by atoms with Crippen LogP contribution >= 0.6 is 7.91 Å². The maximum Gasteiger partial charge on any atom is 0.538 e. The van der Waals surface area contributed by atoms with Crippen LogP contribution in [-0.4, -0.2) is 24.5 Å². The number of hydrogen-bond acceptors (Lipinski definition) is 2. The lowest BCUT2D eigenvalue weighted by molar-refractivity contribution is 0.402. The first-order valence-electron chi connectivity index (χ1n) is 2.80. The molecule has 11 heavy (non-hydrogen) atoms. The average molecular weight is 204 g/mol. The van der Waals surface area contributed by atoms with Crippen LogP contribution in [-0.2, 0) is 19.9 Å². The van der Waals surface area contributed by atoms with Gasteiger partial charge in [-0.15, -0.1) is 12.5 Å². The molecule has 4 nitrogen and oxygen atoms in total. The number of nitrogens with zero attached hydrogens (tertiary/aromatic N) is 2. The summed E-state index contributed by atoms with van der Waals surface area (Å²) in [7, 11) is -3.69. The standard InChI is InChI=1S/C3H7F2N2O2PS/c1-7-2-3-9-11(7)6-10(4,5)8/h2-3H2,1H3. The molecule has 0 aromatic carbocycles. The Morgan fingerprint density at radius 2 is 2.36 bits per heavy atom. The third-order valence-corrected chi connectivity index (χ3v) is 3.44. The summed E-state index contributed by atoms with van der Waals surface area (Å²) < 4.78 is 42.6. The normalized spacial score (nSPS) is 28.1. The molecular formula is C3H7F2N2O2PS. The van der Waals surface area contributed by atoms with Gasteiger partial charge in [0.15, 0.2) is 0 Å². The monoisotopic (exact) mass is 204 g/mol. The van der Waals surface area contributed by atoms with E-state index in [1.54, 1.807) is 7.05 Å². The third-order valence-electron chi connectivity index (χ3n) is 1.03. The van der Waals surface area contributed by atoms with Crippen molar-refractivity contribution < 1.29 is 17.1 Å². The van der Waals surface area contributed by atoms with E-state index in [0.29, 0.717) is 13.2 Å². The molecule has 0 N–H and O–H groups in total. The van der Waals surface area contributed by atoms with Crippen molar-refractivity contribution in [1.82, 2.24) is 4.31 Å². The number of likely N-dealkylation sites (N-methyl/N-ethyl adjacent to an activating group) is 1. The highest BCUT2D eigenvalue weighted by Crippen LogP contribution is 2.51. The van der Waals surface area contributed by atoms with E-state index >= 15 is 0 Å². The van der Waals surface area contributed by atoms with E-state index in [9.17, 15) is 13.0 Å². The zero-order chi connectivity index (χ0) is 8.48. The minimum absolute atomic E-state index is 0.364. The van der Waals surface area contributed by atoms with Crippen molar-refractivity contribution in [2.45, 2.75) is 0 Å². The summed E-state index contributed by atoms with van der Waals surface area (Å²) in [5.41, 5.74) is 0. The van der Waals surface area contributed by atoms with Gasteiger partial charge in [-0.2, -0.15) is 0 Å². The molecule has 0 aliphatic carbocycles. The molecule has 1 heterocycles. The van der Waals surface area contributed by atoms with Crippen molar-refractivity contribution in [2.75, 3.05) is 20.2 Å². The van der Waals surface area contributed by atoms with E-state index < -0.39 is 19.1 Å². The van der Waals surface area contributed by atoms with Crippen molar-refractivity contribution in [3.8, 4) is 0 Å². The molecule has 0 aromatic heterocycles. The van der Waals surface area contributed by atoms with Crippen LogP contribution in [0.25, 0.3) is 0 Å². The maximum atomic E-state index is 11.8. The maximum absolute atomic E-state index is 11.8. The van der Waals surface area contributed by atoms with Gasteiger partial charge in [0.2, 0.25) is 0 Å². The van der Waals surface area contributed by atoms with Gasteiger partial charge in [0, 0.05) is 13.6 Å². The molecule has 1 atom stereocenters. The molecule has 0 amide bonds. The molecule has 66 valence electrons. The Balaban J connectivity index is 2.74. The SMILES string of the molecule is CN1CCOS1=NP(=O)(F)F. The molecule has 0 saturated carbocycles. The van der Waals surface area contributed by atoms with Crippen LogP contribution in [0.5, 0.6) is 0 Å². The van der Waals surface area contributed by atoms with Crippen LogP contribution < -0.4 is 0 Å². The second-order valence-corrected chi connectivity index (χ2v) is 4.76. The third kappa shape index (κ3) is 2.94. The number of hydrogen-bond donors (Lipinski definition) is 0. The molecule has 1 fully saturated rings. The molecule has 0 bridgehead atoms. The Morgan fingerprint density at radius 1 is 1.73 bits per heavy atom. The molecule has 1 aliphatic rings. The number of rotatable bonds is 1. The van der Waals surface area contributed by atoms with Gasteiger partial charge in [-0.3, -0.25) is 4.18 Å². The predicted octanol–water partition coefficient (Wildman–Crippen LogP) is 1.63. The van der Waals surface area contributed by atoms with Crippen molar-refractivity contribution in [1.29, 1.82) is 0 Å². The zero-order valence-electron chi connectivity index (χ0n) is 5.74. The molecule has 1 rings (SSSR count). The van der Waals surface area contributed by atoms with Crippen molar-refractivity contribution in [3.05, 3.63) is 0 Å². The van der Waals surface area contributed by atoms with E-state index in [2.05, 4.69) is 4.13 Å². The lowest BCUT2D eigenvalue weighted by Crippen LogP contribution is -2.13. The molecule has 0 radical (unpaired) electrons. The van der Waals surface area contributed by atoms with Crippen LogP contribution in [0.3, 0.4) is 0 Å². The second kappa shape index (κ2) is 3.26. The molecule has 0 spiro atoms. The predicted molar refractivity (Wildman–Crippen MR) is 38.2 cm³/mol. The zero-order valence-corrected chi connectivity index (χ0v) is 7.45. The smallest absolute Gasteiger partial charge is 0.292 e. The Kier molecular flexibility index (Phi) is 2.74. The van der Waals surface area contributed by atoms with E-state index in [1.807, 2.05) is 0 Å². The summed E-state index contributed by atoms with van der Waals surface area (Å²) in [6, 6.07) is 0. The second-order valence-electron chi connectivity index (χ2n) is 1.92. The van der Waals surface area contributed by atoms with E-state index in [0.717, 1.165) is 0 Å². The minimum Gasteiger partial charge on any atom is -0.292 e. The minimum atomic E-state index is -5.28. The molecule has 1 aliphatic heterocycles. The van der Waals surface area contributed by atoms with E-state index in [4.69, 9.17) is 4.18 Å². The Bertz CT molecular complexity index is 229. The van der Waals surface area contributed by atoms with Crippen LogP contribution in [0.1, 0.15) is 0 Å². The highest BCUT2D eigenvalue weighted by molar-refractivity contribution is 7.84. The lowest BCUT2D eigenvalue weighted by atomic mass is 10.7. The summed E-state index contributed by atoms with van der Waals surface area (Å²) in [5, 5.41) is 0. The van der Waals surface area contributed by atoms with Gasteiger partial charge >= 0.3 is 7.91 Å². The van der Waals surface area contributed by atoms with Gasteiger partial charge in [-0.25, -0.2) is 8.87 Å². The van der Waals surface area contributed by atoms with Crippen LogP contribution in [0, 0.1) is 0 Å². The summed E-state index contributed by atoms with van der Waals surface area (Å²) in [4.78, 5) is 0. The Hall–Kier alpha value is 0.160. The summed E-state index contributed by atoms with van der Waals surface area (Å²) in [6.45, 7) is 0.912. The van der Waals surface area contributed by atoms with Crippen molar-refractivity contribution >= 4 is 19.1 Å². The molecule has 1 saturated heterocycles. The van der Waals surface area contributed by atoms with Crippen molar-refractivity contribution in [3.63, 3.8) is 0 Å². The van der Waals surface area contributed by atoms with Crippen LogP contribution in [0.4, 0.5) is 8.39 Å². The summed E-state index contributed by atoms with van der Waals surface area (Å²) in [5.74, 6) is 0. The van der Waals surface area contributed by atoms with Crippen LogP contribution in [0.2, 0.25) is 0 Å². The highest BCUT2D eigenvalue weighted by atomic mass is 32.2. The summed E-state index contributed by atoms with van der Waals surface area (Å²) >= 11 is -1.30. The molecule has 8 heteroatoms. The van der Waals surface area contributed by atoms with Gasteiger partial charge in [0.25, 0.3) is 0 Å². The topological polar surface area (TPSA) is 41.9 Å².